The minimum absolute atomic E-state index is 0.0572. The van der Waals surface area contributed by atoms with Gasteiger partial charge in [0.2, 0.25) is 0 Å². The molecule has 1 atom stereocenters. The van der Waals surface area contributed by atoms with Gasteiger partial charge < -0.3 is 9.72 Å². The summed E-state index contributed by atoms with van der Waals surface area (Å²) >= 11 is 0. The number of aryl methyl sites for hydroxylation is 2. The predicted octanol–water partition coefficient (Wildman–Crippen LogP) is 3.51. The van der Waals surface area contributed by atoms with Gasteiger partial charge in [-0.1, -0.05) is 42.5 Å². The summed E-state index contributed by atoms with van der Waals surface area (Å²) in [7, 11) is 0. The van der Waals surface area contributed by atoms with Gasteiger partial charge in [-0.25, -0.2) is 4.68 Å². The summed E-state index contributed by atoms with van der Waals surface area (Å²) in [4.78, 5) is 18.4. The number of aromatic amines is 1. The number of rotatable bonds is 8. The third-order valence-electron chi connectivity index (χ3n) is 6.64. The van der Waals surface area contributed by atoms with Crippen LogP contribution in [0.5, 0.6) is 0 Å². The lowest BCUT2D eigenvalue weighted by Gasteiger charge is -2.22. The van der Waals surface area contributed by atoms with Crippen LogP contribution in [0.25, 0.3) is 10.9 Å². The number of ether oxygens (including phenoxy) is 1. The number of nitrogens with zero attached hydrogens (tertiary/aromatic N) is 5. The highest BCUT2D eigenvalue weighted by Crippen LogP contribution is 2.20. The van der Waals surface area contributed by atoms with Crippen molar-refractivity contribution in [3.63, 3.8) is 0 Å². The molecule has 0 spiro atoms. The van der Waals surface area contributed by atoms with Crippen LogP contribution >= 0.6 is 0 Å². The van der Waals surface area contributed by atoms with Crippen molar-refractivity contribution in [3.8, 4) is 0 Å². The molecule has 0 amide bonds. The minimum Gasteiger partial charge on any atom is -0.376 e. The second-order valence-electron chi connectivity index (χ2n) is 9.14. The van der Waals surface area contributed by atoms with Crippen LogP contribution in [0.4, 0.5) is 0 Å². The molecule has 1 aliphatic rings. The average Bonchev–Trinajstić information content (AvgIpc) is 3.51. The molecule has 0 bridgehead atoms. The second-order valence-corrected chi connectivity index (χ2v) is 9.14. The molecule has 5 rings (SSSR count). The lowest BCUT2D eigenvalue weighted by molar-refractivity contribution is 0.0914. The molecule has 1 N–H and O–H groups in total. The van der Waals surface area contributed by atoms with Gasteiger partial charge in [-0.2, -0.15) is 0 Å². The van der Waals surface area contributed by atoms with Gasteiger partial charge in [-0.15, -0.1) is 5.10 Å². The van der Waals surface area contributed by atoms with E-state index in [0.717, 1.165) is 47.3 Å². The fraction of sp³-hybridized carbons (Fsp3) is 0.385. The van der Waals surface area contributed by atoms with Crippen molar-refractivity contribution in [1.82, 2.24) is 30.1 Å². The van der Waals surface area contributed by atoms with E-state index in [4.69, 9.17) is 4.74 Å². The Morgan fingerprint density at radius 3 is 2.76 bits per heavy atom. The number of hydrogen-bond acceptors (Lipinski definition) is 6. The summed E-state index contributed by atoms with van der Waals surface area (Å²) in [6.45, 7) is 7.24. The Morgan fingerprint density at radius 2 is 1.97 bits per heavy atom. The van der Waals surface area contributed by atoms with Crippen molar-refractivity contribution < 1.29 is 4.74 Å². The normalized spacial score (nSPS) is 16.0. The Labute approximate surface area is 198 Å². The van der Waals surface area contributed by atoms with E-state index in [1.807, 2.05) is 35.9 Å². The number of benzene rings is 2. The highest BCUT2D eigenvalue weighted by molar-refractivity contribution is 5.83. The van der Waals surface area contributed by atoms with Gasteiger partial charge >= 0.3 is 0 Å². The van der Waals surface area contributed by atoms with E-state index in [9.17, 15) is 4.79 Å². The Balaban J connectivity index is 1.43. The minimum atomic E-state index is -0.0572. The second kappa shape index (κ2) is 9.87. The molecule has 0 aliphatic carbocycles. The van der Waals surface area contributed by atoms with E-state index in [1.54, 1.807) is 0 Å². The van der Waals surface area contributed by atoms with E-state index >= 15 is 0 Å². The highest BCUT2D eigenvalue weighted by Gasteiger charge is 2.21. The number of tetrazole rings is 1. The lowest BCUT2D eigenvalue weighted by Crippen LogP contribution is -2.29. The summed E-state index contributed by atoms with van der Waals surface area (Å²) in [5.41, 5.74) is 5.02. The van der Waals surface area contributed by atoms with E-state index < -0.39 is 0 Å². The maximum Gasteiger partial charge on any atom is 0.252 e. The van der Waals surface area contributed by atoms with Crippen LogP contribution in [-0.2, 0) is 30.9 Å². The van der Waals surface area contributed by atoms with E-state index in [2.05, 4.69) is 56.6 Å². The molecule has 2 aromatic carbocycles. The van der Waals surface area contributed by atoms with Crippen LogP contribution in [0.2, 0.25) is 0 Å². The lowest BCUT2D eigenvalue weighted by atomic mass is 10.0. The van der Waals surface area contributed by atoms with Crippen molar-refractivity contribution in [1.29, 1.82) is 0 Å². The van der Waals surface area contributed by atoms with E-state index in [1.165, 1.54) is 11.1 Å². The number of H-pyrrole nitrogens is 1. The first-order chi connectivity index (χ1) is 16.6. The van der Waals surface area contributed by atoms with Crippen LogP contribution in [0.15, 0.2) is 53.3 Å². The third-order valence-corrected chi connectivity index (χ3v) is 6.64. The van der Waals surface area contributed by atoms with Gasteiger partial charge in [0.25, 0.3) is 5.56 Å². The molecule has 0 radical (unpaired) electrons. The quantitative estimate of drug-likeness (QED) is 0.435. The molecule has 2 aromatic heterocycles. The van der Waals surface area contributed by atoms with Crippen molar-refractivity contribution in [2.45, 2.75) is 59.0 Å². The van der Waals surface area contributed by atoms with Gasteiger partial charge in [-0.05, 0) is 65.3 Å². The van der Waals surface area contributed by atoms with Crippen LogP contribution in [0, 0.1) is 13.8 Å². The van der Waals surface area contributed by atoms with Crippen molar-refractivity contribution in [2.75, 3.05) is 6.61 Å². The standard InChI is InChI=1S/C26H30N6O2/c1-18-10-11-21-13-22(26(33)27-25(21)19(18)2)15-31(14-20-7-4-3-5-8-20)17-24-28-29-30-32(24)16-23-9-6-12-34-23/h3-5,7-8,10-11,13,23H,6,9,12,14-17H2,1-2H3,(H,27,33). The van der Waals surface area contributed by atoms with Crippen molar-refractivity contribution >= 4 is 10.9 Å². The molecular formula is C26H30N6O2. The van der Waals surface area contributed by atoms with Gasteiger partial charge in [0.15, 0.2) is 5.82 Å². The van der Waals surface area contributed by atoms with Gasteiger partial charge in [0.1, 0.15) is 0 Å². The zero-order valence-electron chi connectivity index (χ0n) is 19.7. The Morgan fingerprint density at radius 1 is 1.12 bits per heavy atom. The molecule has 1 unspecified atom stereocenters. The molecule has 8 nitrogen and oxygen atoms in total. The molecule has 3 heterocycles. The fourth-order valence-electron chi connectivity index (χ4n) is 4.60. The van der Waals surface area contributed by atoms with Crippen molar-refractivity contribution in [2.24, 2.45) is 0 Å². The number of pyridine rings is 1. The third kappa shape index (κ3) is 4.93. The first-order valence-electron chi connectivity index (χ1n) is 11.8. The molecule has 8 heteroatoms. The smallest absolute Gasteiger partial charge is 0.252 e. The first kappa shape index (κ1) is 22.4. The summed E-state index contributed by atoms with van der Waals surface area (Å²) in [6.07, 6.45) is 2.25. The maximum absolute atomic E-state index is 13.0. The van der Waals surface area contributed by atoms with Crippen LogP contribution in [0.3, 0.4) is 0 Å². The van der Waals surface area contributed by atoms with Crippen LogP contribution in [-0.4, -0.2) is 42.8 Å². The molecule has 34 heavy (non-hydrogen) atoms. The Bertz CT molecular complexity index is 1320. The predicted molar refractivity (Wildman–Crippen MR) is 130 cm³/mol. The molecule has 176 valence electrons. The molecular weight excluding hydrogens is 428 g/mol. The molecule has 4 aromatic rings. The molecule has 1 saturated heterocycles. The van der Waals surface area contributed by atoms with Crippen LogP contribution in [0.1, 0.15) is 40.9 Å². The summed E-state index contributed by atoms with van der Waals surface area (Å²) < 4.78 is 7.61. The molecule has 1 fully saturated rings. The topological polar surface area (TPSA) is 88.9 Å². The van der Waals surface area contributed by atoms with E-state index in [0.29, 0.717) is 26.2 Å². The number of fused-ring (bicyclic) bond motifs is 1. The number of hydrogen-bond donors (Lipinski definition) is 1. The summed E-state index contributed by atoms with van der Waals surface area (Å²) in [5, 5.41) is 13.5. The monoisotopic (exact) mass is 458 g/mol. The van der Waals surface area contributed by atoms with Gasteiger partial charge in [-0.3, -0.25) is 9.69 Å². The number of nitrogens with one attached hydrogen (secondary N) is 1. The number of aromatic nitrogens is 5. The van der Waals surface area contributed by atoms with E-state index in [-0.39, 0.29) is 11.7 Å². The SMILES string of the molecule is Cc1ccc2cc(CN(Cc3ccccc3)Cc3nnnn3CC3CCCO3)c(=O)[nH]c2c1C. The highest BCUT2D eigenvalue weighted by atomic mass is 16.5. The zero-order valence-corrected chi connectivity index (χ0v) is 19.7. The first-order valence-corrected chi connectivity index (χ1v) is 11.8. The Kier molecular flexibility index (Phi) is 6.51. The summed E-state index contributed by atoms with van der Waals surface area (Å²) in [6, 6.07) is 16.4. The Hall–Kier alpha value is -3.36. The average molecular weight is 459 g/mol. The van der Waals surface area contributed by atoms with Gasteiger partial charge in [0.05, 0.1) is 24.7 Å². The van der Waals surface area contributed by atoms with Crippen LogP contribution < -0.4 is 5.56 Å². The summed E-state index contributed by atoms with van der Waals surface area (Å²) in [5.74, 6) is 0.773. The molecule has 0 saturated carbocycles. The fourth-order valence-corrected chi connectivity index (χ4v) is 4.60. The maximum atomic E-state index is 13.0. The van der Waals surface area contributed by atoms with Crippen molar-refractivity contribution in [3.05, 3.63) is 87.0 Å². The molecule has 1 aliphatic heterocycles. The zero-order chi connectivity index (χ0) is 23.5. The van der Waals surface area contributed by atoms with Gasteiger partial charge in [0, 0.05) is 25.3 Å². The largest absolute Gasteiger partial charge is 0.376 e.